The highest BCUT2D eigenvalue weighted by Crippen LogP contribution is 2.45. The van der Waals surface area contributed by atoms with Gasteiger partial charge in [0.25, 0.3) is 5.75 Å². The van der Waals surface area contributed by atoms with Gasteiger partial charge >= 0.3 is 17.3 Å². The zero-order valence-corrected chi connectivity index (χ0v) is 19.1. The largest absolute Gasteiger partial charge is 0.482 e. The van der Waals surface area contributed by atoms with Gasteiger partial charge in [0, 0.05) is 23.7 Å². The number of fused-ring (bicyclic) bond motifs is 1. The fourth-order valence-corrected chi connectivity index (χ4v) is 3.98. The van der Waals surface area contributed by atoms with E-state index in [0.717, 1.165) is 0 Å². The van der Waals surface area contributed by atoms with E-state index < -0.39 is 32.9 Å². The topological polar surface area (TPSA) is 151 Å². The molecule has 4 aromatic rings. The molecule has 4 rings (SSSR count). The molecule has 0 atom stereocenters. The lowest BCUT2D eigenvalue weighted by atomic mass is 10.2. The van der Waals surface area contributed by atoms with Crippen molar-refractivity contribution < 1.29 is 24.5 Å². The molecule has 11 heteroatoms. The van der Waals surface area contributed by atoms with Gasteiger partial charge in [-0.1, -0.05) is 48.5 Å². The van der Waals surface area contributed by atoms with Crippen LogP contribution in [0, 0.1) is 20.2 Å². The number of carboxylic acids is 1. The van der Waals surface area contributed by atoms with Crippen LogP contribution < -0.4 is 4.74 Å². The molecule has 0 bridgehead atoms. The Labute approximate surface area is 204 Å². The summed E-state index contributed by atoms with van der Waals surface area (Å²) in [6.45, 7) is -0.0438. The van der Waals surface area contributed by atoms with Gasteiger partial charge in [-0.3, -0.25) is 29.6 Å². The van der Waals surface area contributed by atoms with Gasteiger partial charge in [-0.05, 0) is 31.4 Å². The van der Waals surface area contributed by atoms with Crippen LogP contribution in [0.1, 0.15) is 25.7 Å². The van der Waals surface area contributed by atoms with Crippen molar-refractivity contribution >= 4 is 28.4 Å². The summed E-state index contributed by atoms with van der Waals surface area (Å²) in [5.74, 6) is -0.983. The molecule has 184 valence electrons. The van der Waals surface area contributed by atoms with E-state index in [9.17, 15) is 25.0 Å². The second kappa shape index (κ2) is 10.6. The Morgan fingerprint density at radius 1 is 0.944 bits per heavy atom. The number of benzene rings is 3. The van der Waals surface area contributed by atoms with Crippen LogP contribution in [0.5, 0.6) is 5.75 Å². The van der Waals surface area contributed by atoms with Crippen LogP contribution in [-0.2, 0) is 4.79 Å². The Morgan fingerprint density at radius 3 is 2.22 bits per heavy atom. The van der Waals surface area contributed by atoms with Crippen LogP contribution in [0.2, 0.25) is 0 Å². The van der Waals surface area contributed by atoms with E-state index in [2.05, 4.69) is 4.98 Å². The average molecular weight is 490 g/mol. The van der Waals surface area contributed by atoms with Crippen molar-refractivity contribution in [3.05, 3.63) is 87.0 Å². The molecule has 0 radical (unpaired) electrons. The molecule has 0 saturated heterocycles. The van der Waals surface area contributed by atoms with Crippen LogP contribution in [0.25, 0.3) is 28.1 Å². The minimum Gasteiger partial charge on any atom is -0.482 e. The molecule has 0 spiro atoms. The van der Waals surface area contributed by atoms with Crippen molar-refractivity contribution in [1.29, 1.82) is 0 Å². The fourth-order valence-electron chi connectivity index (χ4n) is 3.98. The van der Waals surface area contributed by atoms with Crippen molar-refractivity contribution in [3.63, 3.8) is 0 Å². The monoisotopic (exact) mass is 490 g/mol. The number of carboxylic acid groups (broad SMARTS) is 1. The zero-order valence-electron chi connectivity index (χ0n) is 19.1. The quantitative estimate of drug-likeness (QED) is 0.164. The van der Waals surface area contributed by atoms with E-state index in [-0.39, 0.29) is 24.1 Å². The molecule has 3 aromatic carbocycles. The SMILES string of the molecule is O=C(O)CCCCCOc1c([N+](=O)[O-])cc2nc(-c3ccccc3)n(-c3ccccc3)c2c1[N+](=O)[O-]. The first kappa shape index (κ1) is 24.3. The van der Waals surface area contributed by atoms with E-state index in [1.165, 1.54) is 6.07 Å². The van der Waals surface area contributed by atoms with Gasteiger partial charge < -0.3 is 9.84 Å². The molecule has 0 amide bonds. The molecule has 0 unspecified atom stereocenters. The lowest BCUT2D eigenvalue weighted by Gasteiger charge is -2.12. The predicted molar refractivity (Wildman–Crippen MR) is 131 cm³/mol. The summed E-state index contributed by atoms with van der Waals surface area (Å²) >= 11 is 0. The van der Waals surface area contributed by atoms with Crippen LogP contribution in [0.15, 0.2) is 66.7 Å². The van der Waals surface area contributed by atoms with Crippen LogP contribution in [0.3, 0.4) is 0 Å². The number of imidazole rings is 1. The van der Waals surface area contributed by atoms with Crippen LogP contribution in [-0.4, -0.2) is 37.1 Å². The predicted octanol–water partition coefficient (Wildman–Crippen LogP) is 5.53. The third kappa shape index (κ3) is 4.99. The van der Waals surface area contributed by atoms with Gasteiger partial charge in [0.1, 0.15) is 11.3 Å². The smallest absolute Gasteiger partial charge is 0.344 e. The maximum Gasteiger partial charge on any atom is 0.344 e. The minimum absolute atomic E-state index is 0.00915. The van der Waals surface area contributed by atoms with Crippen molar-refractivity contribution in [2.24, 2.45) is 0 Å². The Morgan fingerprint density at radius 2 is 1.61 bits per heavy atom. The zero-order chi connectivity index (χ0) is 25.7. The number of nitrogens with zero attached hydrogens (tertiary/aromatic N) is 4. The maximum absolute atomic E-state index is 12.3. The molecule has 0 saturated carbocycles. The highest BCUT2D eigenvalue weighted by molar-refractivity contribution is 5.96. The number of aliphatic carboxylic acids is 1. The van der Waals surface area contributed by atoms with Gasteiger partial charge in [-0.2, -0.15) is 0 Å². The second-order valence-corrected chi connectivity index (χ2v) is 7.98. The van der Waals surface area contributed by atoms with Crippen molar-refractivity contribution in [2.45, 2.75) is 25.7 Å². The average Bonchev–Trinajstić information content (AvgIpc) is 3.25. The molecule has 1 N–H and O–H groups in total. The van der Waals surface area contributed by atoms with Crippen LogP contribution >= 0.6 is 0 Å². The number of unbranched alkanes of at least 4 members (excludes halogenated alkanes) is 2. The molecule has 11 nitrogen and oxygen atoms in total. The van der Waals surface area contributed by atoms with E-state index in [4.69, 9.17) is 9.84 Å². The first-order valence-electron chi connectivity index (χ1n) is 11.2. The van der Waals surface area contributed by atoms with Crippen molar-refractivity contribution in [1.82, 2.24) is 9.55 Å². The molecule has 0 aliphatic heterocycles. The minimum atomic E-state index is -0.920. The molecule has 1 heterocycles. The third-order valence-corrected chi connectivity index (χ3v) is 5.56. The highest BCUT2D eigenvalue weighted by atomic mass is 16.6. The molecular weight excluding hydrogens is 468 g/mol. The van der Waals surface area contributed by atoms with Crippen molar-refractivity contribution in [3.8, 4) is 22.8 Å². The second-order valence-electron chi connectivity index (χ2n) is 7.98. The molecule has 36 heavy (non-hydrogen) atoms. The van der Waals surface area contributed by atoms with Gasteiger partial charge in [0.05, 0.1) is 16.5 Å². The summed E-state index contributed by atoms with van der Waals surface area (Å²) in [5, 5.41) is 33.0. The Balaban J connectivity index is 1.90. The lowest BCUT2D eigenvalue weighted by Crippen LogP contribution is -2.06. The molecule has 0 aliphatic carbocycles. The number of hydrogen-bond acceptors (Lipinski definition) is 7. The summed E-state index contributed by atoms with van der Waals surface area (Å²) in [6, 6.07) is 19.1. The van der Waals surface area contributed by atoms with Gasteiger partial charge in [0.2, 0.25) is 0 Å². The standard InChI is InChI=1S/C25H22N4O7/c30-21(31)14-8-3-9-15-36-24-20(28(32)33)16-19-22(23(24)29(34)35)27(18-12-6-2-7-13-18)25(26-19)17-10-4-1-5-11-17/h1-2,4-7,10-13,16H,3,8-9,14-15H2,(H,30,31). The lowest BCUT2D eigenvalue weighted by molar-refractivity contribution is -0.395. The molecule has 1 aromatic heterocycles. The number of nitro benzene ring substituents is 2. The summed E-state index contributed by atoms with van der Waals surface area (Å²) in [4.78, 5) is 38.1. The van der Waals surface area contributed by atoms with E-state index in [1.807, 2.05) is 12.1 Å². The molecular formula is C25H22N4O7. The number of carbonyl (C=O) groups is 1. The van der Waals surface area contributed by atoms with Crippen LogP contribution in [0.4, 0.5) is 11.4 Å². The number of ether oxygens (including phenoxy) is 1. The number of hydrogen-bond donors (Lipinski definition) is 1. The maximum atomic E-state index is 12.3. The summed E-state index contributed by atoms with van der Waals surface area (Å²) in [5.41, 5.74) is 0.326. The van der Waals surface area contributed by atoms with Gasteiger partial charge in [-0.25, -0.2) is 4.98 Å². The molecule has 0 fully saturated rings. The Bertz CT molecular complexity index is 1420. The first-order valence-corrected chi connectivity index (χ1v) is 11.2. The Kier molecular flexibility index (Phi) is 7.19. The van der Waals surface area contributed by atoms with Crippen molar-refractivity contribution in [2.75, 3.05) is 6.61 Å². The highest BCUT2D eigenvalue weighted by Gasteiger charge is 2.35. The van der Waals surface area contributed by atoms with Gasteiger partial charge in [0.15, 0.2) is 5.52 Å². The Hall–Kier alpha value is -4.80. The third-order valence-electron chi connectivity index (χ3n) is 5.56. The van der Waals surface area contributed by atoms with E-state index in [0.29, 0.717) is 36.3 Å². The number of aromatic nitrogens is 2. The fraction of sp³-hybridized carbons (Fsp3) is 0.200. The molecule has 0 aliphatic rings. The van der Waals surface area contributed by atoms with E-state index >= 15 is 0 Å². The van der Waals surface area contributed by atoms with E-state index in [1.54, 1.807) is 53.1 Å². The number of para-hydroxylation sites is 1. The normalized spacial score (nSPS) is 10.9. The number of rotatable bonds is 11. The summed E-state index contributed by atoms with van der Waals surface area (Å²) < 4.78 is 7.24. The number of nitro groups is 2. The van der Waals surface area contributed by atoms with Gasteiger partial charge in [-0.15, -0.1) is 0 Å². The summed E-state index contributed by atoms with van der Waals surface area (Å²) in [6.07, 6.45) is 1.27. The first-order chi connectivity index (χ1) is 17.4. The summed E-state index contributed by atoms with van der Waals surface area (Å²) in [7, 11) is 0.